The van der Waals surface area contributed by atoms with Gasteiger partial charge in [-0.05, 0) is 100 Å². The van der Waals surface area contributed by atoms with E-state index in [0.29, 0.717) is 46.2 Å². The lowest BCUT2D eigenvalue weighted by molar-refractivity contribution is -0.134. The Morgan fingerprint density at radius 2 is 1.64 bits per heavy atom. The number of amides is 1. The molecule has 0 atom stereocenters. The number of likely N-dealkylation sites (tertiary alicyclic amines) is 2. The van der Waals surface area contributed by atoms with Gasteiger partial charge >= 0.3 is 6.18 Å². The summed E-state index contributed by atoms with van der Waals surface area (Å²) in [5, 5.41) is 0.591. The number of nitrogens with one attached hydrogen (secondary N) is 1. The molecule has 2 saturated heterocycles. The summed E-state index contributed by atoms with van der Waals surface area (Å²) >= 11 is 0. The smallest absolute Gasteiger partial charge is 0.393 e. The number of piperidine rings is 2. The fourth-order valence-corrected chi connectivity index (χ4v) is 6.49. The van der Waals surface area contributed by atoms with Gasteiger partial charge in [0.1, 0.15) is 0 Å². The van der Waals surface area contributed by atoms with Gasteiger partial charge in [-0.25, -0.2) is 0 Å². The number of rotatable bonds is 8. The molecule has 7 nitrogen and oxygen atoms in total. The fraction of sp³-hybridized carbons (Fsp3) is 0.531. The van der Waals surface area contributed by atoms with E-state index in [9.17, 15) is 18.0 Å². The van der Waals surface area contributed by atoms with E-state index in [1.807, 2.05) is 23.1 Å². The normalized spacial score (nSPS) is 17.8. The number of hydrogen-bond donors (Lipinski definition) is 1. The minimum Gasteiger partial charge on any atom is -0.493 e. The van der Waals surface area contributed by atoms with Crippen LogP contribution in [0.25, 0.3) is 22.2 Å². The number of hydrogen-bond acceptors (Lipinski definition) is 5. The third-order valence-electron chi connectivity index (χ3n) is 8.94. The van der Waals surface area contributed by atoms with Crippen LogP contribution in [0.15, 0.2) is 36.4 Å². The molecule has 0 radical (unpaired) electrons. The van der Waals surface area contributed by atoms with Crippen molar-refractivity contribution in [2.75, 3.05) is 61.0 Å². The highest BCUT2D eigenvalue weighted by atomic mass is 19.4. The monoisotopic (exact) mass is 586 g/mol. The number of ether oxygens (including phenoxy) is 2. The molecule has 2 fully saturated rings. The minimum absolute atomic E-state index is 0.193. The zero-order chi connectivity index (χ0) is 30.0. The van der Waals surface area contributed by atoms with Crippen molar-refractivity contribution in [2.45, 2.75) is 50.2 Å². The fourth-order valence-electron chi connectivity index (χ4n) is 6.49. The topological polar surface area (TPSA) is 61.0 Å². The standard InChI is InChI=1S/C32H41F3N4O3/c1-37(2)24-11-15-39(16-12-24)30(40)20-38-13-9-21(10-14-38)22-5-7-27-25(17-22)26(19-32(33,34)35)31(36-27)23-6-8-28(41-3)29(18-23)42-4/h5-8,17-18,21,24,36H,9-16,19-20H2,1-4H3. The highest BCUT2D eigenvalue weighted by molar-refractivity contribution is 5.92. The molecule has 2 aromatic carbocycles. The average molecular weight is 587 g/mol. The van der Waals surface area contributed by atoms with Gasteiger partial charge < -0.3 is 24.3 Å². The quantitative estimate of drug-likeness (QED) is 0.368. The zero-order valence-electron chi connectivity index (χ0n) is 24.9. The van der Waals surface area contributed by atoms with Crippen molar-refractivity contribution >= 4 is 16.8 Å². The Labute approximate surface area is 245 Å². The maximum atomic E-state index is 13.8. The molecule has 5 rings (SSSR count). The first-order valence-electron chi connectivity index (χ1n) is 14.7. The Morgan fingerprint density at radius 3 is 2.26 bits per heavy atom. The number of carbonyl (C=O) groups excluding carboxylic acids is 1. The van der Waals surface area contributed by atoms with Crippen molar-refractivity contribution < 1.29 is 27.4 Å². The summed E-state index contributed by atoms with van der Waals surface area (Å²) in [5.41, 5.74) is 2.98. The second-order valence-corrected chi connectivity index (χ2v) is 11.8. The number of carbonyl (C=O) groups is 1. The van der Waals surface area contributed by atoms with E-state index < -0.39 is 12.6 Å². The molecule has 0 unspecified atom stereocenters. The Bertz CT molecular complexity index is 1390. The molecule has 1 aromatic heterocycles. The van der Waals surface area contributed by atoms with Crippen LogP contribution in [0.2, 0.25) is 0 Å². The Balaban J connectivity index is 1.31. The second kappa shape index (κ2) is 12.6. The van der Waals surface area contributed by atoms with Crippen molar-refractivity contribution in [1.29, 1.82) is 0 Å². The number of halogens is 3. The van der Waals surface area contributed by atoms with Gasteiger partial charge in [0.25, 0.3) is 0 Å². The summed E-state index contributed by atoms with van der Waals surface area (Å²) in [6.07, 6.45) is -1.66. The molecule has 3 aromatic rings. The molecule has 228 valence electrons. The van der Waals surface area contributed by atoms with Crippen molar-refractivity contribution in [2.24, 2.45) is 0 Å². The number of methoxy groups -OCH3 is 2. The Hall–Kier alpha value is -3.24. The van der Waals surface area contributed by atoms with Crippen molar-refractivity contribution in [3.05, 3.63) is 47.5 Å². The van der Waals surface area contributed by atoms with Gasteiger partial charge in [0.05, 0.1) is 32.9 Å². The molecule has 2 aliphatic rings. The van der Waals surface area contributed by atoms with Crippen LogP contribution in [-0.2, 0) is 11.2 Å². The lowest BCUT2D eigenvalue weighted by atomic mass is 9.88. The molecule has 0 aliphatic carbocycles. The molecule has 2 aliphatic heterocycles. The second-order valence-electron chi connectivity index (χ2n) is 11.8. The number of aromatic nitrogens is 1. The lowest BCUT2D eigenvalue weighted by Crippen LogP contribution is -2.48. The summed E-state index contributed by atoms with van der Waals surface area (Å²) in [6.45, 7) is 3.63. The molecular formula is C32H41F3N4O3. The van der Waals surface area contributed by atoms with Gasteiger partial charge in [0.2, 0.25) is 5.91 Å². The van der Waals surface area contributed by atoms with Crippen LogP contribution in [0.3, 0.4) is 0 Å². The third-order valence-corrected chi connectivity index (χ3v) is 8.94. The number of aromatic amines is 1. The maximum absolute atomic E-state index is 13.8. The molecule has 42 heavy (non-hydrogen) atoms. The van der Waals surface area contributed by atoms with E-state index in [1.54, 1.807) is 18.2 Å². The van der Waals surface area contributed by atoms with E-state index in [2.05, 4.69) is 28.9 Å². The predicted molar refractivity (Wildman–Crippen MR) is 158 cm³/mol. The van der Waals surface area contributed by atoms with Crippen molar-refractivity contribution in [3.8, 4) is 22.8 Å². The zero-order valence-corrected chi connectivity index (χ0v) is 24.9. The number of H-pyrrole nitrogens is 1. The molecule has 0 bridgehead atoms. The molecule has 10 heteroatoms. The summed E-state index contributed by atoms with van der Waals surface area (Å²) in [5.74, 6) is 1.39. The van der Waals surface area contributed by atoms with Crippen LogP contribution < -0.4 is 9.47 Å². The van der Waals surface area contributed by atoms with E-state index >= 15 is 0 Å². The van der Waals surface area contributed by atoms with Crippen LogP contribution in [0.4, 0.5) is 13.2 Å². The summed E-state index contributed by atoms with van der Waals surface area (Å²) in [7, 11) is 7.21. The van der Waals surface area contributed by atoms with Crippen molar-refractivity contribution in [1.82, 2.24) is 19.7 Å². The van der Waals surface area contributed by atoms with Crippen LogP contribution in [-0.4, -0.2) is 98.8 Å². The first kappa shape index (κ1) is 30.2. The van der Waals surface area contributed by atoms with Crippen molar-refractivity contribution in [3.63, 3.8) is 0 Å². The van der Waals surface area contributed by atoms with Gasteiger partial charge in [-0.1, -0.05) is 6.07 Å². The molecule has 1 amide bonds. The van der Waals surface area contributed by atoms with Crippen LogP contribution in [0, 0.1) is 0 Å². The average Bonchev–Trinajstić information content (AvgIpc) is 3.33. The molecular weight excluding hydrogens is 545 g/mol. The van der Waals surface area contributed by atoms with Gasteiger partial charge in [0, 0.05) is 35.6 Å². The molecule has 0 spiro atoms. The molecule has 3 heterocycles. The molecule has 0 saturated carbocycles. The van der Waals surface area contributed by atoms with E-state index in [4.69, 9.17) is 9.47 Å². The largest absolute Gasteiger partial charge is 0.493 e. The number of alkyl halides is 3. The highest BCUT2D eigenvalue weighted by Crippen LogP contribution is 2.40. The Morgan fingerprint density at radius 1 is 0.952 bits per heavy atom. The van der Waals surface area contributed by atoms with Crippen LogP contribution in [0.1, 0.15) is 42.7 Å². The van der Waals surface area contributed by atoms with Gasteiger partial charge in [-0.2, -0.15) is 13.2 Å². The first-order valence-corrected chi connectivity index (χ1v) is 14.7. The summed E-state index contributed by atoms with van der Waals surface area (Å²) < 4.78 is 52.1. The predicted octanol–water partition coefficient (Wildman–Crippen LogP) is 5.69. The van der Waals surface area contributed by atoms with Gasteiger partial charge in [-0.3, -0.25) is 9.69 Å². The lowest BCUT2D eigenvalue weighted by Gasteiger charge is -2.37. The SMILES string of the molecule is COc1ccc(-c2[nH]c3ccc(C4CCN(CC(=O)N5CCC(N(C)C)CC5)CC4)cc3c2CC(F)(F)F)cc1OC. The van der Waals surface area contributed by atoms with E-state index in [-0.39, 0.29) is 17.4 Å². The summed E-state index contributed by atoms with van der Waals surface area (Å²) in [4.78, 5) is 22.6. The van der Waals surface area contributed by atoms with Gasteiger partial charge in [-0.15, -0.1) is 0 Å². The number of benzene rings is 2. The summed E-state index contributed by atoms with van der Waals surface area (Å²) in [6, 6.07) is 11.5. The highest BCUT2D eigenvalue weighted by Gasteiger charge is 2.32. The van der Waals surface area contributed by atoms with E-state index in [0.717, 1.165) is 57.4 Å². The van der Waals surface area contributed by atoms with Crippen LogP contribution >= 0.6 is 0 Å². The third kappa shape index (κ3) is 6.70. The molecule has 1 N–H and O–H groups in total. The number of nitrogens with zero attached hydrogens (tertiary/aromatic N) is 3. The van der Waals surface area contributed by atoms with Crippen LogP contribution in [0.5, 0.6) is 11.5 Å². The van der Waals surface area contributed by atoms with E-state index in [1.165, 1.54) is 14.2 Å². The minimum atomic E-state index is -4.37. The van der Waals surface area contributed by atoms with Gasteiger partial charge in [0.15, 0.2) is 11.5 Å². The number of fused-ring (bicyclic) bond motifs is 1. The maximum Gasteiger partial charge on any atom is 0.393 e. The Kier molecular flexibility index (Phi) is 9.03. The first-order chi connectivity index (χ1) is 20.1.